The van der Waals surface area contributed by atoms with Gasteiger partial charge in [0.05, 0.1) is 0 Å². The van der Waals surface area contributed by atoms with E-state index < -0.39 is 9.64 Å². The van der Waals surface area contributed by atoms with Gasteiger partial charge in [-0.2, -0.15) is 0 Å². The van der Waals surface area contributed by atoms with Crippen LogP contribution in [0.2, 0.25) is 0 Å². The number of hydrogen-bond donors (Lipinski definition) is 2. The van der Waals surface area contributed by atoms with E-state index in [1.54, 1.807) is 0 Å². The predicted molar refractivity (Wildman–Crippen MR) is 41.0 cm³/mol. The maximum absolute atomic E-state index is 8.96. The van der Waals surface area contributed by atoms with Crippen molar-refractivity contribution in [3.63, 3.8) is 0 Å². The van der Waals surface area contributed by atoms with Crippen LogP contribution >= 0.6 is 0 Å². The monoisotopic (exact) mass is 367 g/mol. The van der Waals surface area contributed by atoms with E-state index in [0.717, 1.165) is 0 Å². The molecule has 1 unspecified atom stereocenters. The van der Waals surface area contributed by atoms with Gasteiger partial charge in [-0.05, 0) is 0 Å². The summed E-state index contributed by atoms with van der Waals surface area (Å²) in [6.45, 7) is 0. The van der Waals surface area contributed by atoms with Crippen LogP contribution in [0, 0.1) is 0 Å². The first-order chi connectivity index (χ1) is 1.73. The Morgan fingerprint density at radius 1 is 1.25 bits per heavy atom. The van der Waals surface area contributed by atoms with E-state index in [-0.39, 0.29) is 111 Å². The third-order valence-electron chi connectivity index (χ3n) is 0. The van der Waals surface area contributed by atoms with Crippen molar-refractivity contribution in [1.82, 2.24) is 0 Å². The summed E-state index contributed by atoms with van der Waals surface area (Å²) in [6.07, 6.45) is 0. The molecule has 1 radical (unpaired) electrons. The van der Waals surface area contributed by atoms with Gasteiger partial charge in [0.1, 0.15) is 9.64 Å². The Kier molecular flexibility index (Phi) is 83.1. The Labute approximate surface area is 137 Å². The van der Waals surface area contributed by atoms with Crippen LogP contribution < -0.4 is 0 Å². The van der Waals surface area contributed by atoms with Crippen LogP contribution in [0.4, 0.5) is 0 Å². The van der Waals surface area contributed by atoms with Crippen LogP contribution in [0.3, 0.4) is 0 Å². The molecular formula is H5AuNa3O2S2. The van der Waals surface area contributed by atoms with Gasteiger partial charge in [-0.3, -0.25) is 0 Å². The summed E-state index contributed by atoms with van der Waals surface area (Å²) in [7, 11) is -2.29. The summed E-state index contributed by atoms with van der Waals surface area (Å²) >= 11 is 3.69. The van der Waals surface area contributed by atoms with E-state index in [0.29, 0.717) is 0 Å². The van der Waals surface area contributed by atoms with Gasteiger partial charge >= 0.3 is 88.7 Å². The first kappa shape index (κ1) is 29.6. The Balaban J connectivity index is -0.00000000750. The van der Waals surface area contributed by atoms with E-state index in [1.165, 1.54) is 0 Å². The van der Waals surface area contributed by atoms with E-state index in [9.17, 15) is 0 Å². The summed E-state index contributed by atoms with van der Waals surface area (Å²) in [6, 6.07) is 0. The topological polar surface area (TPSA) is 37.3 Å². The SMILES string of the molecule is O=[SH](O)=S.[Au].[NaH].[NaH].[NaH]. The average molecular weight is 367 g/mol. The minimum atomic E-state index is -2.29. The third-order valence-corrected chi connectivity index (χ3v) is 0. The van der Waals surface area contributed by atoms with Gasteiger partial charge in [0.2, 0.25) is 0 Å². The normalized spacial score (nSPS) is 7.62. The zero-order chi connectivity index (χ0) is 3.58. The summed E-state index contributed by atoms with van der Waals surface area (Å²) < 4.78 is 16.3. The Hall–Kier alpha value is 4.07. The van der Waals surface area contributed by atoms with Crippen LogP contribution in [-0.2, 0) is 43.2 Å². The van der Waals surface area contributed by atoms with Crippen molar-refractivity contribution in [3.8, 4) is 0 Å². The molecule has 0 aromatic rings. The van der Waals surface area contributed by atoms with E-state index in [2.05, 4.69) is 11.2 Å². The first-order valence-corrected chi connectivity index (χ1v) is 2.79. The molecule has 0 aliphatic carbocycles. The van der Waals surface area contributed by atoms with Crippen molar-refractivity contribution >= 4 is 109 Å². The molecule has 0 aliphatic rings. The summed E-state index contributed by atoms with van der Waals surface area (Å²) in [4.78, 5) is 0. The van der Waals surface area contributed by atoms with Crippen LogP contribution in [0.25, 0.3) is 0 Å². The fourth-order valence-corrected chi connectivity index (χ4v) is 0. The van der Waals surface area contributed by atoms with Crippen molar-refractivity contribution in [2.75, 3.05) is 0 Å². The van der Waals surface area contributed by atoms with E-state index >= 15 is 0 Å². The first-order valence-electron chi connectivity index (χ1n) is 0.565. The van der Waals surface area contributed by atoms with Crippen molar-refractivity contribution < 1.29 is 31.1 Å². The molecule has 0 saturated carbocycles. The molecule has 0 aromatic carbocycles. The van der Waals surface area contributed by atoms with Gasteiger partial charge in [-0.15, -0.1) is 0 Å². The molecule has 0 bridgehead atoms. The van der Waals surface area contributed by atoms with Crippen molar-refractivity contribution in [2.45, 2.75) is 0 Å². The second-order valence-electron chi connectivity index (χ2n) is 0.238. The van der Waals surface area contributed by atoms with Gasteiger partial charge in [0, 0.05) is 33.6 Å². The molecule has 0 aliphatic heterocycles. The molecule has 1 atom stereocenters. The predicted octanol–water partition coefficient (Wildman–Crippen LogP) is -2.55. The molecule has 8 heavy (non-hydrogen) atoms. The molecule has 8 heteroatoms. The summed E-state index contributed by atoms with van der Waals surface area (Å²) in [5, 5.41) is 0. The molecule has 0 amide bonds. The molecule has 1 N–H and O–H groups in total. The van der Waals surface area contributed by atoms with E-state index in [1.807, 2.05) is 0 Å². The van der Waals surface area contributed by atoms with Crippen LogP contribution in [0.1, 0.15) is 0 Å². The summed E-state index contributed by atoms with van der Waals surface area (Å²) in [5.41, 5.74) is 0. The van der Waals surface area contributed by atoms with Crippen molar-refractivity contribution in [1.29, 1.82) is 0 Å². The van der Waals surface area contributed by atoms with Gasteiger partial charge in [0.25, 0.3) is 0 Å². The molecule has 0 heterocycles. The Bertz CT molecular complexity index is 63.7. The number of thiol groups is 1. The molecular weight excluding hydrogens is 362 g/mol. The van der Waals surface area contributed by atoms with Crippen molar-refractivity contribution in [2.24, 2.45) is 0 Å². The zero-order valence-corrected chi connectivity index (χ0v) is 5.89. The maximum atomic E-state index is 8.96. The molecule has 0 aromatic heterocycles. The summed E-state index contributed by atoms with van der Waals surface area (Å²) in [5.74, 6) is 0. The van der Waals surface area contributed by atoms with Gasteiger partial charge in [-0.25, -0.2) is 4.21 Å². The molecule has 0 rings (SSSR count). The fraction of sp³-hybridized carbons (Fsp3) is 0. The minimum absolute atomic E-state index is 0. The van der Waals surface area contributed by atoms with Crippen LogP contribution in [0.15, 0.2) is 0 Å². The third kappa shape index (κ3) is 50.0. The van der Waals surface area contributed by atoms with Crippen LogP contribution in [0.5, 0.6) is 0 Å². The molecule has 0 saturated heterocycles. The second kappa shape index (κ2) is 22.5. The number of rotatable bonds is 0. The second-order valence-corrected chi connectivity index (χ2v) is 1.65. The molecule has 0 spiro atoms. The van der Waals surface area contributed by atoms with Gasteiger partial charge in [0.15, 0.2) is 0 Å². The molecule has 2 nitrogen and oxygen atoms in total. The number of hydrogen-bond acceptors (Lipinski definition) is 2. The quantitative estimate of drug-likeness (QED) is 0.366. The van der Waals surface area contributed by atoms with Gasteiger partial charge in [-0.1, -0.05) is 0 Å². The fourth-order valence-electron chi connectivity index (χ4n) is 0. The van der Waals surface area contributed by atoms with E-state index in [4.69, 9.17) is 8.76 Å². The zero-order valence-electron chi connectivity index (χ0n) is 2.01. The average Bonchev–Trinajstić information content (AvgIpc) is 0.811. The molecule has 0 fully saturated rings. The Morgan fingerprint density at radius 2 is 1.25 bits per heavy atom. The van der Waals surface area contributed by atoms with Crippen molar-refractivity contribution in [3.05, 3.63) is 0 Å². The standard InChI is InChI=1S/Au.3Na.H2O2S2.3H/c;;;;1-4(2)3;;;/h;;;;4H,(H,1,2,3);;;. The Morgan fingerprint density at radius 3 is 1.25 bits per heavy atom. The van der Waals surface area contributed by atoms with Crippen LogP contribution in [-0.4, -0.2) is 97.4 Å². The van der Waals surface area contributed by atoms with Gasteiger partial charge < -0.3 is 4.55 Å². The molecule has 43 valence electrons.